The molecule has 3 aromatic rings. The number of benzene rings is 1. The van der Waals surface area contributed by atoms with Crippen molar-refractivity contribution < 1.29 is 14.3 Å². The molecule has 2 aliphatic heterocycles. The summed E-state index contributed by atoms with van der Waals surface area (Å²) in [5.74, 6) is 2.31. The molecule has 5 rings (SSSR count). The van der Waals surface area contributed by atoms with E-state index in [2.05, 4.69) is 26.3 Å². The molecule has 0 unspecified atom stereocenters. The predicted octanol–water partition coefficient (Wildman–Crippen LogP) is 3.28. The second-order valence-electron chi connectivity index (χ2n) is 7.58. The molecule has 1 fully saturated rings. The number of hydrogen-bond acceptors (Lipinski definition) is 8. The van der Waals surface area contributed by atoms with E-state index < -0.39 is 0 Å². The minimum atomic E-state index is -0.0239. The molecule has 2 aliphatic rings. The number of nitrogens with zero attached hydrogens (tertiary/aromatic N) is 4. The maximum atomic E-state index is 12.9. The summed E-state index contributed by atoms with van der Waals surface area (Å²) in [5, 5.41) is 5.65. The van der Waals surface area contributed by atoms with Crippen LogP contribution >= 0.6 is 11.3 Å². The first-order valence-electron chi connectivity index (χ1n) is 10.2. The highest BCUT2D eigenvalue weighted by Gasteiger charge is 2.24. The van der Waals surface area contributed by atoms with E-state index in [-0.39, 0.29) is 12.7 Å². The quantitative estimate of drug-likeness (QED) is 0.656. The monoisotopic (exact) mass is 437 g/mol. The Hall–Kier alpha value is -3.17. The molecule has 0 saturated carbocycles. The van der Waals surface area contributed by atoms with Crippen molar-refractivity contribution in [2.24, 2.45) is 0 Å². The molecule has 2 aromatic heterocycles. The highest BCUT2D eigenvalue weighted by Crippen LogP contribution is 2.33. The molecule has 1 amide bonds. The fraction of sp³-hybridized carbons (Fsp3) is 0.318. The van der Waals surface area contributed by atoms with E-state index in [1.807, 2.05) is 42.2 Å². The predicted molar refractivity (Wildman–Crippen MR) is 118 cm³/mol. The summed E-state index contributed by atoms with van der Waals surface area (Å²) in [5.41, 5.74) is 2.59. The first kappa shape index (κ1) is 19.8. The van der Waals surface area contributed by atoms with Gasteiger partial charge in [-0.1, -0.05) is 12.1 Å². The van der Waals surface area contributed by atoms with E-state index in [0.29, 0.717) is 23.9 Å². The summed E-state index contributed by atoms with van der Waals surface area (Å²) < 4.78 is 10.8. The van der Waals surface area contributed by atoms with Crippen LogP contribution in [0, 0.1) is 6.92 Å². The molecule has 0 bridgehead atoms. The van der Waals surface area contributed by atoms with Crippen molar-refractivity contribution in [1.82, 2.24) is 19.8 Å². The summed E-state index contributed by atoms with van der Waals surface area (Å²) in [6, 6.07) is 11.8. The van der Waals surface area contributed by atoms with E-state index in [4.69, 9.17) is 9.47 Å². The van der Waals surface area contributed by atoms with Crippen molar-refractivity contribution in [3.63, 3.8) is 0 Å². The van der Waals surface area contributed by atoms with Gasteiger partial charge in [-0.2, -0.15) is 0 Å². The number of thiazole rings is 1. The van der Waals surface area contributed by atoms with E-state index in [9.17, 15) is 4.79 Å². The number of hydrogen-bond donors (Lipinski definition) is 1. The van der Waals surface area contributed by atoms with Gasteiger partial charge in [0.1, 0.15) is 11.5 Å². The lowest BCUT2D eigenvalue weighted by atomic mass is 10.1. The second-order valence-corrected chi connectivity index (χ2v) is 8.44. The number of ether oxygens (including phenoxy) is 2. The Morgan fingerprint density at radius 3 is 2.77 bits per heavy atom. The third-order valence-electron chi connectivity index (χ3n) is 5.35. The molecule has 0 atom stereocenters. The number of fused-ring (bicyclic) bond motifs is 1. The van der Waals surface area contributed by atoms with Crippen molar-refractivity contribution in [1.29, 1.82) is 0 Å². The summed E-state index contributed by atoms with van der Waals surface area (Å²) in [4.78, 5) is 26.0. The van der Waals surface area contributed by atoms with Crippen LogP contribution in [0.1, 0.15) is 21.7 Å². The molecule has 9 heteroatoms. The molecule has 31 heavy (non-hydrogen) atoms. The minimum Gasteiger partial charge on any atom is -0.454 e. The topological polar surface area (TPSA) is 79.8 Å². The molecule has 1 saturated heterocycles. The maximum absolute atomic E-state index is 12.9. The van der Waals surface area contributed by atoms with Crippen molar-refractivity contribution in [3.8, 4) is 11.5 Å². The largest absolute Gasteiger partial charge is 0.454 e. The lowest BCUT2D eigenvalue weighted by molar-refractivity contribution is 0.0623. The highest BCUT2D eigenvalue weighted by molar-refractivity contribution is 7.14. The Bertz CT molecular complexity index is 1090. The zero-order valence-electron chi connectivity index (χ0n) is 17.2. The SMILES string of the molecule is Cc1cccc(Nc2nc(C(=O)N3CCN(Cc4ccc5c(c4)OCO5)CC3)cs2)n1. The molecule has 1 aromatic carbocycles. The van der Waals surface area contributed by atoms with Gasteiger partial charge in [-0.05, 0) is 36.8 Å². The van der Waals surface area contributed by atoms with Crippen LogP contribution in [0.2, 0.25) is 0 Å². The van der Waals surface area contributed by atoms with Crippen molar-refractivity contribution >= 4 is 28.2 Å². The summed E-state index contributed by atoms with van der Waals surface area (Å²) >= 11 is 1.41. The number of pyridine rings is 1. The smallest absolute Gasteiger partial charge is 0.273 e. The van der Waals surface area contributed by atoms with E-state index in [1.165, 1.54) is 16.9 Å². The van der Waals surface area contributed by atoms with Crippen LogP contribution in [0.4, 0.5) is 10.9 Å². The average molecular weight is 438 g/mol. The van der Waals surface area contributed by atoms with Gasteiger partial charge in [0.05, 0.1) is 0 Å². The van der Waals surface area contributed by atoms with Gasteiger partial charge < -0.3 is 19.7 Å². The van der Waals surface area contributed by atoms with Crippen molar-refractivity contribution in [3.05, 3.63) is 58.7 Å². The number of piperazine rings is 1. The standard InChI is InChI=1S/C22H23N5O3S/c1-15-3-2-4-20(23-15)25-22-24-17(13-31-22)21(28)27-9-7-26(8-10-27)12-16-5-6-18-19(11-16)30-14-29-18/h2-6,11,13H,7-10,12,14H2,1H3,(H,23,24,25). The van der Waals surface area contributed by atoms with Crippen LogP contribution in [-0.4, -0.2) is 58.6 Å². The number of amides is 1. The summed E-state index contributed by atoms with van der Waals surface area (Å²) in [6.07, 6.45) is 0. The van der Waals surface area contributed by atoms with Crippen LogP contribution in [0.5, 0.6) is 11.5 Å². The van der Waals surface area contributed by atoms with Gasteiger partial charge >= 0.3 is 0 Å². The summed E-state index contributed by atoms with van der Waals surface area (Å²) in [6.45, 7) is 6.06. The number of aryl methyl sites for hydroxylation is 1. The van der Waals surface area contributed by atoms with E-state index in [0.717, 1.165) is 42.6 Å². The summed E-state index contributed by atoms with van der Waals surface area (Å²) in [7, 11) is 0. The fourth-order valence-electron chi connectivity index (χ4n) is 3.72. The van der Waals surface area contributed by atoms with Crippen LogP contribution in [-0.2, 0) is 6.54 Å². The normalized spacial score (nSPS) is 15.8. The molecule has 0 aliphatic carbocycles. The van der Waals surface area contributed by atoms with Crippen LogP contribution in [0.15, 0.2) is 41.8 Å². The third-order valence-corrected chi connectivity index (χ3v) is 6.11. The highest BCUT2D eigenvalue weighted by atomic mass is 32.1. The Labute approximate surface area is 184 Å². The third kappa shape index (κ3) is 4.47. The molecule has 4 heterocycles. The second kappa shape index (κ2) is 8.52. The Balaban J connectivity index is 1.15. The van der Waals surface area contributed by atoms with Gasteiger partial charge in [-0.15, -0.1) is 11.3 Å². The molecular formula is C22H23N5O3S. The van der Waals surface area contributed by atoms with E-state index in [1.54, 1.807) is 5.38 Å². The number of carbonyl (C=O) groups is 1. The first-order chi connectivity index (χ1) is 15.1. The first-order valence-corrected chi connectivity index (χ1v) is 11.1. The minimum absolute atomic E-state index is 0.0239. The van der Waals surface area contributed by atoms with Gasteiger partial charge in [0.2, 0.25) is 6.79 Å². The number of rotatable bonds is 5. The van der Waals surface area contributed by atoms with Crippen molar-refractivity contribution in [2.75, 3.05) is 38.3 Å². The molecule has 160 valence electrons. The molecule has 0 radical (unpaired) electrons. The van der Waals surface area contributed by atoms with Crippen molar-refractivity contribution in [2.45, 2.75) is 13.5 Å². The number of nitrogens with one attached hydrogen (secondary N) is 1. The molecule has 0 spiro atoms. The van der Waals surface area contributed by atoms with Crippen LogP contribution in [0.25, 0.3) is 0 Å². The zero-order chi connectivity index (χ0) is 21.2. The van der Waals surface area contributed by atoms with Gasteiger partial charge in [0, 0.05) is 43.8 Å². The van der Waals surface area contributed by atoms with Crippen LogP contribution < -0.4 is 14.8 Å². The van der Waals surface area contributed by atoms with Gasteiger partial charge in [-0.3, -0.25) is 9.69 Å². The van der Waals surface area contributed by atoms with Gasteiger partial charge in [-0.25, -0.2) is 9.97 Å². The zero-order valence-corrected chi connectivity index (χ0v) is 18.0. The number of carbonyl (C=O) groups excluding carboxylic acids is 1. The Morgan fingerprint density at radius 2 is 1.94 bits per heavy atom. The Morgan fingerprint density at radius 1 is 1.10 bits per heavy atom. The number of aromatic nitrogens is 2. The Kier molecular flexibility index (Phi) is 5.44. The molecule has 8 nitrogen and oxygen atoms in total. The van der Waals surface area contributed by atoms with Gasteiger partial charge in [0.15, 0.2) is 16.6 Å². The lowest BCUT2D eigenvalue weighted by Crippen LogP contribution is -2.48. The average Bonchev–Trinajstić information content (AvgIpc) is 3.43. The molecular weight excluding hydrogens is 414 g/mol. The fourth-order valence-corrected chi connectivity index (χ4v) is 4.41. The van der Waals surface area contributed by atoms with E-state index >= 15 is 0 Å². The van der Waals surface area contributed by atoms with Gasteiger partial charge in [0.25, 0.3) is 5.91 Å². The molecule has 1 N–H and O–H groups in total. The number of anilines is 2. The maximum Gasteiger partial charge on any atom is 0.273 e. The van der Waals surface area contributed by atoms with Crippen LogP contribution in [0.3, 0.4) is 0 Å². The lowest BCUT2D eigenvalue weighted by Gasteiger charge is -2.34.